The van der Waals surface area contributed by atoms with Gasteiger partial charge >= 0.3 is 29.6 Å². The molecule has 0 spiro atoms. The van der Waals surface area contributed by atoms with Gasteiger partial charge in [0.1, 0.15) is 10.1 Å². The van der Waals surface area contributed by atoms with Crippen molar-refractivity contribution in [2.75, 3.05) is 0 Å². The molecule has 0 aromatic carbocycles. The standard InChI is InChI=1S/C6H14O3SSi.Na/c1-11(2,3)6-4-5-10(7,8)9;/h4-5H,6H2,1-3H3,(H,7,8,9);/q;+1/p-1. The van der Waals surface area contributed by atoms with Gasteiger partial charge in [-0.05, 0) is 6.04 Å². The topological polar surface area (TPSA) is 57.2 Å². The molecule has 0 unspecified atom stereocenters. The Balaban J connectivity index is 0. The van der Waals surface area contributed by atoms with E-state index in [4.69, 9.17) is 0 Å². The van der Waals surface area contributed by atoms with Crippen LogP contribution in [0.25, 0.3) is 0 Å². The molecule has 0 radical (unpaired) electrons. The van der Waals surface area contributed by atoms with Gasteiger partial charge in [-0.2, -0.15) is 0 Å². The van der Waals surface area contributed by atoms with Crippen LogP contribution in [-0.2, 0) is 10.1 Å². The molecular weight excluding hydrogens is 203 g/mol. The molecule has 0 aromatic heterocycles. The quantitative estimate of drug-likeness (QED) is 0.421. The van der Waals surface area contributed by atoms with Crippen LogP contribution in [0.2, 0.25) is 25.7 Å². The van der Waals surface area contributed by atoms with Crippen molar-refractivity contribution in [3.63, 3.8) is 0 Å². The van der Waals surface area contributed by atoms with E-state index in [9.17, 15) is 13.0 Å². The Morgan fingerprint density at radius 3 is 2.00 bits per heavy atom. The van der Waals surface area contributed by atoms with Crippen molar-refractivity contribution in [2.45, 2.75) is 25.7 Å². The van der Waals surface area contributed by atoms with Crippen LogP contribution in [0.4, 0.5) is 0 Å². The minimum atomic E-state index is -4.15. The minimum Gasteiger partial charge on any atom is -0.744 e. The first-order chi connectivity index (χ1) is 4.71. The summed E-state index contributed by atoms with van der Waals surface area (Å²) < 4.78 is 30.3. The van der Waals surface area contributed by atoms with Gasteiger partial charge in [-0.25, -0.2) is 8.42 Å². The van der Waals surface area contributed by atoms with Gasteiger partial charge in [0.25, 0.3) is 0 Å². The van der Waals surface area contributed by atoms with Crippen LogP contribution in [0.1, 0.15) is 0 Å². The Bertz CT molecular complexity index is 240. The second kappa shape index (κ2) is 5.57. The number of hydrogen-bond acceptors (Lipinski definition) is 3. The van der Waals surface area contributed by atoms with Gasteiger partial charge in [0.15, 0.2) is 0 Å². The molecule has 0 heterocycles. The van der Waals surface area contributed by atoms with Crippen LogP contribution in [0.15, 0.2) is 11.5 Å². The van der Waals surface area contributed by atoms with Crippen LogP contribution in [0.3, 0.4) is 0 Å². The Hall–Kier alpha value is 0.867. The molecule has 66 valence electrons. The summed E-state index contributed by atoms with van der Waals surface area (Å²) in [4.78, 5) is 0. The largest absolute Gasteiger partial charge is 1.00 e. The van der Waals surface area contributed by atoms with Gasteiger partial charge in [0.2, 0.25) is 0 Å². The summed E-state index contributed by atoms with van der Waals surface area (Å²) in [6.07, 6.45) is 1.45. The van der Waals surface area contributed by atoms with E-state index in [1.54, 1.807) is 0 Å². The van der Waals surface area contributed by atoms with Gasteiger partial charge in [-0.1, -0.05) is 25.7 Å². The third kappa shape index (κ3) is 13.5. The first kappa shape index (κ1) is 15.3. The fourth-order valence-corrected chi connectivity index (χ4v) is 1.85. The molecule has 0 saturated carbocycles. The summed E-state index contributed by atoms with van der Waals surface area (Å²) in [5.41, 5.74) is 0. The Labute approximate surface area is 97.3 Å². The minimum absolute atomic E-state index is 0. The van der Waals surface area contributed by atoms with Crippen LogP contribution >= 0.6 is 0 Å². The normalized spacial score (nSPS) is 13.0. The molecule has 0 N–H and O–H groups in total. The van der Waals surface area contributed by atoms with E-state index in [2.05, 4.69) is 19.6 Å². The van der Waals surface area contributed by atoms with Crippen molar-refractivity contribution in [3.8, 4) is 0 Å². The molecule has 0 aliphatic carbocycles. The maximum atomic E-state index is 10.1. The Morgan fingerprint density at radius 2 is 1.75 bits per heavy atom. The van der Waals surface area contributed by atoms with Crippen molar-refractivity contribution >= 4 is 18.2 Å². The maximum absolute atomic E-state index is 10.1. The predicted molar refractivity (Wildman–Crippen MR) is 47.0 cm³/mol. The molecule has 0 aliphatic heterocycles. The molecule has 0 aliphatic rings. The van der Waals surface area contributed by atoms with E-state index >= 15 is 0 Å². The first-order valence-electron chi connectivity index (χ1n) is 3.33. The number of allylic oxidation sites excluding steroid dienone is 1. The van der Waals surface area contributed by atoms with Crippen molar-refractivity contribution in [2.24, 2.45) is 0 Å². The molecule has 6 heteroatoms. The zero-order chi connectivity index (χ0) is 9.12. The summed E-state index contributed by atoms with van der Waals surface area (Å²) in [6, 6.07) is 0.731. The summed E-state index contributed by atoms with van der Waals surface area (Å²) >= 11 is 0. The second-order valence-electron chi connectivity index (χ2n) is 3.63. The fourth-order valence-electron chi connectivity index (χ4n) is 0.520. The summed E-state index contributed by atoms with van der Waals surface area (Å²) in [6.45, 7) is 6.32. The molecule has 3 nitrogen and oxygen atoms in total. The van der Waals surface area contributed by atoms with Crippen molar-refractivity contribution in [1.29, 1.82) is 0 Å². The third-order valence-corrected chi connectivity index (χ3v) is 2.98. The summed E-state index contributed by atoms with van der Waals surface area (Å²) in [7, 11) is -5.40. The van der Waals surface area contributed by atoms with E-state index in [1.807, 2.05) is 0 Å². The van der Waals surface area contributed by atoms with Crippen molar-refractivity contribution in [1.82, 2.24) is 0 Å². The molecule has 0 bridgehead atoms. The molecule has 0 atom stereocenters. The summed E-state index contributed by atoms with van der Waals surface area (Å²) in [5.74, 6) is 0. The monoisotopic (exact) mass is 216 g/mol. The van der Waals surface area contributed by atoms with Crippen LogP contribution < -0.4 is 29.6 Å². The summed E-state index contributed by atoms with van der Waals surface area (Å²) in [5, 5.41) is 0.741. The van der Waals surface area contributed by atoms with Crippen molar-refractivity contribution < 1.29 is 42.5 Å². The molecule has 0 fully saturated rings. The SMILES string of the molecule is C[Si](C)(C)CC=CS(=O)(=O)[O-].[Na+]. The molecule has 0 rings (SSSR count). The zero-order valence-corrected chi connectivity index (χ0v) is 11.8. The van der Waals surface area contributed by atoms with Crippen LogP contribution in [-0.4, -0.2) is 21.0 Å². The van der Waals surface area contributed by atoms with E-state index in [1.165, 1.54) is 6.08 Å². The molecule has 0 aromatic rings. The average molecular weight is 216 g/mol. The maximum Gasteiger partial charge on any atom is 1.00 e. The van der Waals surface area contributed by atoms with E-state index in [-0.39, 0.29) is 29.6 Å². The average Bonchev–Trinajstić information content (AvgIpc) is 1.55. The Morgan fingerprint density at radius 1 is 1.33 bits per heavy atom. The molecule has 0 saturated heterocycles. The first-order valence-corrected chi connectivity index (χ1v) is 8.51. The van der Waals surface area contributed by atoms with Gasteiger partial charge in [-0.3, -0.25) is 0 Å². The predicted octanol–water partition coefficient (Wildman–Crippen LogP) is -1.61. The van der Waals surface area contributed by atoms with Crippen LogP contribution in [0, 0.1) is 0 Å². The van der Waals surface area contributed by atoms with Gasteiger partial charge in [0, 0.05) is 13.5 Å². The second-order valence-corrected chi connectivity index (χ2v) is 10.4. The number of rotatable bonds is 3. The molecular formula is C6H13NaO3SSi. The number of hydrogen-bond donors (Lipinski definition) is 0. The smallest absolute Gasteiger partial charge is 0.744 e. The van der Waals surface area contributed by atoms with Gasteiger partial charge in [-0.15, -0.1) is 0 Å². The fraction of sp³-hybridized carbons (Fsp3) is 0.667. The molecule has 12 heavy (non-hydrogen) atoms. The zero-order valence-electron chi connectivity index (χ0n) is 7.99. The Kier molecular flexibility index (Phi) is 7.12. The third-order valence-electron chi connectivity index (χ3n) is 0.993. The van der Waals surface area contributed by atoms with Crippen LogP contribution in [0.5, 0.6) is 0 Å². The van der Waals surface area contributed by atoms with Crippen molar-refractivity contribution in [3.05, 3.63) is 11.5 Å². The van der Waals surface area contributed by atoms with Gasteiger partial charge < -0.3 is 4.55 Å². The van der Waals surface area contributed by atoms with E-state index < -0.39 is 18.2 Å². The van der Waals surface area contributed by atoms with E-state index in [0.29, 0.717) is 0 Å². The van der Waals surface area contributed by atoms with Gasteiger partial charge in [0.05, 0.1) is 0 Å². The van der Waals surface area contributed by atoms with E-state index in [0.717, 1.165) is 11.5 Å². The molecule has 0 amide bonds.